The number of likely N-dealkylation sites (tertiary alicyclic amines) is 1. The van der Waals surface area contributed by atoms with Gasteiger partial charge < -0.3 is 14.6 Å². The van der Waals surface area contributed by atoms with Gasteiger partial charge in [0.2, 0.25) is 0 Å². The molecule has 0 spiro atoms. The van der Waals surface area contributed by atoms with E-state index in [1.165, 1.54) is 17.4 Å². The lowest BCUT2D eigenvalue weighted by atomic mass is 10.1. The number of imidazole rings is 1. The van der Waals surface area contributed by atoms with Crippen LogP contribution in [0.1, 0.15) is 39.3 Å². The third kappa shape index (κ3) is 4.29. The van der Waals surface area contributed by atoms with E-state index < -0.39 is 17.8 Å². The summed E-state index contributed by atoms with van der Waals surface area (Å²) in [5, 5.41) is 0.589. The zero-order valence-electron chi connectivity index (χ0n) is 18.9. The number of methoxy groups -OCH3 is 1. The van der Waals surface area contributed by atoms with Gasteiger partial charge in [-0.2, -0.15) is 13.2 Å². The number of hydrogen-bond donors (Lipinski definition) is 1. The van der Waals surface area contributed by atoms with E-state index in [9.17, 15) is 18.0 Å². The number of nitrogens with zero attached hydrogens (tertiary/aromatic N) is 3. The molecule has 2 aromatic carbocycles. The molecule has 0 radical (unpaired) electrons. The van der Waals surface area contributed by atoms with Gasteiger partial charge >= 0.3 is 6.18 Å². The highest BCUT2D eigenvalue weighted by Gasteiger charge is 2.37. The van der Waals surface area contributed by atoms with Gasteiger partial charge in [0.05, 0.1) is 39.6 Å². The maximum absolute atomic E-state index is 13.7. The Kier molecular flexibility index (Phi) is 5.63. The first kappa shape index (κ1) is 23.1. The maximum Gasteiger partial charge on any atom is 0.416 e. The number of ether oxygens (including phenoxy) is 1. The van der Waals surface area contributed by atoms with Crippen molar-refractivity contribution in [2.45, 2.75) is 25.6 Å². The fraction of sp³-hybridized carbons (Fsp3) is 0.240. The fourth-order valence-corrected chi connectivity index (χ4v) is 5.20. The molecule has 35 heavy (non-hydrogen) atoms. The Morgan fingerprint density at radius 2 is 2.03 bits per heavy atom. The van der Waals surface area contributed by atoms with Crippen LogP contribution in [0.25, 0.3) is 21.5 Å². The Morgan fingerprint density at radius 3 is 2.77 bits per heavy atom. The summed E-state index contributed by atoms with van der Waals surface area (Å²) in [6, 6.07) is 10.0. The monoisotopic (exact) mass is 498 g/mol. The van der Waals surface area contributed by atoms with Crippen molar-refractivity contribution < 1.29 is 22.7 Å². The number of thiazole rings is 1. The third-order valence-corrected chi connectivity index (χ3v) is 6.94. The summed E-state index contributed by atoms with van der Waals surface area (Å²) in [7, 11) is 1.58. The predicted molar refractivity (Wildman–Crippen MR) is 127 cm³/mol. The van der Waals surface area contributed by atoms with Crippen molar-refractivity contribution in [1.29, 1.82) is 0 Å². The minimum absolute atomic E-state index is 0.129. The summed E-state index contributed by atoms with van der Waals surface area (Å²) < 4.78 is 45.2. The van der Waals surface area contributed by atoms with Gasteiger partial charge in [-0.15, -0.1) is 11.3 Å². The van der Waals surface area contributed by atoms with Gasteiger partial charge in [-0.05, 0) is 43.2 Å². The van der Waals surface area contributed by atoms with Crippen molar-refractivity contribution >= 4 is 28.3 Å². The van der Waals surface area contributed by atoms with E-state index in [1.807, 2.05) is 18.2 Å². The number of fused-ring (bicyclic) bond motifs is 1. The first-order valence-corrected chi connectivity index (χ1v) is 11.6. The molecule has 1 atom stereocenters. The van der Waals surface area contributed by atoms with Crippen molar-refractivity contribution in [3.63, 3.8) is 0 Å². The number of nitrogens with one attached hydrogen (secondary N) is 1. The number of carbonyl (C=O) groups excluding carboxylic acids is 1. The molecule has 1 amide bonds. The average molecular weight is 499 g/mol. The van der Waals surface area contributed by atoms with Gasteiger partial charge in [-0.3, -0.25) is 4.79 Å². The second kappa shape index (κ2) is 8.53. The predicted octanol–water partition coefficient (Wildman–Crippen LogP) is 6.17. The Bertz CT molecular complexity index is 1460. The van der Waals surface area contributed by atoms with Gasteiger partial charge in [0.25, 0.3) is 5.91 Å². The fourth-order valence-electron chi connectivity index (χ4n) is 4.29. The van der Waals surface area contributed by atoms with Crippen molar-refractivity contribution in [3.05, 3.63) is 76.7 Å². The van der Waals surface area contributed by atoms with Crippen LogP contribution in [0, 0.1) is 6.92 Å². The number of alkyl halides is 3. The number of rotatable bonds is 4. The van der Waals surface area contributed by atoms with Crippen LogP contribution in [0.3, 0.4) is 0 Å². The minimum atomic E-state index is -4.48. The van der Waals surface area contributed by atoms with Crippen LogP contribution < -0.4 is 4.74 Å². The molecule has 1 fully saturated rings. The number of halogens is 3. The molecule has 0 bridgehead atoms. The van der Waals surface area contributed by atoms with Crippen LogP contribution in [-0.4, -0.2) is 39.4 Å². The number of carbonyl (C=O) groups is 1. The largest absolute Gasteiger partial charge is 0.497 e. The molecule has 1 saturated heterocycles. The molecule has 2 aromatic heterocycles. The van der Waals surface area contributed by atoms with Crippen LogP contribution in [0.5, 0.6) is 5.75 Å². The lowest BCUT2D eigenvalue weighted by molar-refractivity contribution is -0.137. The molecule has 1 aliphatic rings. The molecule has 6 nitrogen and oxygen atoms in total. The van der Waals surface area contributed by atoms with E-state index in [0.717, 1.165) is 28.7 Å². The standard InChI is InChI=1S/C25H21F3N4O2S/c1-13-9-20(23-30-18-8-7-17(34-3)11-19(18)31-23)32(12-13)24(33)21-22(35-14(2)29-21)15-5-4-6-16(10-15)25(26,27)28/h4-8,10-11,20H,1,9,12H2,2-3H3,(H,30,31). The second-order valence-corrected chi connectivity index (χ2v) is 9.60. The van der Waals surface area contributed by atoms with E-state index >= 15 is 0 Å². The van der Waals surface area contributed by atoms with Gasteiger partial charge in [0.1, 0.15) is 17.3 Å². The number of hydrogen-bond acceptors (Lipinski definition) is 5. The summed E-state index contributed by atoms with van der Waals surface area (Å²) in [4.78, 5) is 28.1. The Labute approximate surface area is 203 Å². The van der Waals surface area contributed by atoms with Gasteiger partial charge in [-0.25, -0.2) is 9.97 Å². The molecule has 4 aromatic rings. The molecule has 3 heterocycles. The summed E-state index contributed by atoms with van der Waals surface area (Å²) in [5.74, 6) is 0.913. The number of amides is 1. The molecule has 180 valence electrons. The molecule has 0 saturated carbocycles. The van der Waals surface area contributed by atoms with E-state index in [4.69, 9.17) is 4.74 Å². The molecule has 1 unspecified atom stereocenters. The van der Waals surface area contributed by atoms with E-state index in [1.54, 1.807) is 25.0 Å². The van der Waals surface area contributed by atoms with E-state index in [-0.39, 0.29) is 11.6 Å². The molecule has 0 aliphatic carbocycles. The third-order valence-electron chi connectivity index (χ3n) is 5.92. The highest BCUT2D eigenvalue weighted by Crippen LogP contribution is 2.39. The highest BCUT2D eigenvalue weighted by molar-refractivity contribution is 7.15. The Balaban J connectivity index is 1.52. The summed E-state index contributed by atoms with van der Waals surface area (Å²) >= 11 is 1.19. The second-order valence-electron chi connectivity index (χ2n) is 8.40. The zero-order valence-corrected chi connectivity index (χ0v) is 19.8. The van der Waals surface area contributed by atoms with Crippen molar-refractivity contribution in [1.82, 2.24) is 19.9 Å². The molecule has 10 heteroatoms. The van der Waals surface area contributed by atoms with E-state index in [0.29, 0.717) is 40.0 Å². The van der Waals surface area contributed by atoms with Crippen LogP contribution in [0.4, 0.5) is 13.2 Å². The number of aryl methyl sites for hydroxylation is 1. The van der Waals surface area contributed by atoms with Gasteiger partial charge in [0.15, 0.2) is 0 Å². The first-order chi connectivity index (χ1) is 16.6. The summed E-state index contributed by atoms with van der Waals surface area (Å²) in [6.07, 6.45) is -3.97. The highest BCUT2D eigenvalue weighted by atomic mass is 32.1. The maximum atomic E-state index is 13.7. The number of aromatic amines is 1. The minimum Gasteiger partial charge on any atom is -0.497 e. The Morgan fingerprint density at radius 1 is 1.23 bits per heavy atom. The van der Waals surface area contributed by atoms with E-state index in [2.05, 4.69) is 21.5 Å². The van der Waals surface area contributed by atoms with Crippen LogP contribution >= 0.6 is 11.3 Å². The molecule has 1 N–H and O–H groups in total. The number of benzene rings is 2. The average Bonchev–Trinajstić information content (AvgIpc) is 3.53. The number of aromatic nitrogens is 3. The summed E-state index contributed by atoms with van der Waals surface area (Å²) in [6.45, 7) is 6.10. The van der Waals surface area contributed by atoms with Gasteiger partial charge in [0, 0.05) is 12.6 Å². The molecular weight excluding hydrogens is 477 g/mol. The Hall–Kier alpha value is -3.66. The first-order valence-electron chi connectivity index (χ1n) is 10.8. The van der Waals surface area contributed by atoms with Crippen molar-refractivity contribution in [2.75, 3.05) is 13.7 Å². The topological polar surface area (TPSA) is 71.1 Å². The smallest absolute Gasteiger partial charge is 0.416 e. The van der Waals surface area contributed by atoms with Crippen LogP contribution in [0.2, 0.25) is 0 Å². The normalized spacial score (nSPS) is 16.3. The van der Waals surface area contributed by atoms with Gasteiger partial charge in [-0.1, -0.05) is 24.3 Å². The molecule has 5 rings (SSSR count). The molecule has 1 aliphatic heterocycles. The van der Waals surface area contributed by atoms with Crippen molar-refractivity contribution in [3.8, 4) is 16.2 Å². The SMILES string of the molecule is C=C1CC(c2nc3ccc(OC)cc3[nH]2)N(C(=O)c2nc(C)sc2-c2cccc(C(F)(F)F)c2)C1. The molecular formula is C25H21F3N4O2S. The number of H-pyrrole nitrogens is 1. The zero-order chi connectivity index (χ0) is 24.9. The van der Waals surface area contributed by atoms with Crippen LogP contribution in [0.15, 0.2) is 54.6 Å². The lowest BCUT2D eigenvalue weighted by Crippen LogP contribution is -2.31. The van der Waals surface area contributed by atoms with Crippen LogP contribution in [-0.2, 0) is 6.18 Å². The van der Waals surface area contributed by atoms with Crippen molar-refractivity contribution in [2.24, 2.45) is 0 Å². The lowest BCUT2D eigenvalue weighted by Gasteiger charge is -2.22. The summed E-state index contributed by atoms with van der Waals surface area (Å²) in [5.41, 5.74) is 2.03. The quantitative estimate of drug-likeness (QED) is 0.342.